The molecule has 4 rings (SSSR count). The van der Waals surface area contributed by atoms with Gasteiger partial charge in [0.05, 0.1) is 12.5 Å². The van der Waals surface area contributed by atoms with Gasteiger partial charge in [0, 0.05) is 16.7 Å². The summed E-state index contributed by atoms with van der Waals surface area (Å²) in [6.45, 7) is 8.49. The predicted octanol–water partition coefficient (Wildman–Crippen LogP) is 5.90. The minimum absolute atomic E-state index is 0.144. The standard InChI is InChI=1S/C25H26N2O3/c1-15(2)11-17-13-19(14-18(24(17)28)12-16(3)4)25-26-22(20-7-5-9-29-20)23(27-25)21-8-6-10-30-21/h5-10,13-16H,11-12H2,1-4H3. The predicted molar refractivity (Wildman–Crippen MR) is 118 cm³/mol. The second-order valence-corrected chi connectivity index (χ2v) is 8.52. The van der Waals surface area contributed by atoms with Crippen LogP contribution in [0.5, 0.6) is 0 Å². The van der Waals surface area contributed by atoms with Crippen LogP contribution in [0.1, 0.15) is 52.1 Å². The van der Waals surface area contributed by atoms with Crippen molar-refractivity contribution in [2.45, 2.75) is 40.5 Å². The first kappa shape index (κ1) is 20.1. The molecule has 0 bridgehead atoms. The van der Waals surface area contributed by atoms with E-state index in [1.807, 2.05) is 36.4 Å². The van der Waals surface area contributed by atoms with Crippen molar-refractivity contribution in [3.63, 3.8) is 0 Å². The van der Waals surface area contributed by atoms with Crippen molar-refractivity contribution >= 4 is 17.2 Å². The lowest BCUT2D eigenvalue weighted by atomic mass is 9.85. The first-order chi connectivity index (χ1) is 14.4. The Morgan fingerprint density at radius 2 is 1.27 bits per heavy atom. The molecule has 0 unspecified atom stereocenters. The van der Waals surface area contributed by atoms with Crippen molar-refractivity contribution in [1.29, 1.82) is 0 Å². The van der Waals surface area contributed by atoms with Crippen molar-refractivity contribution < 1.29 is 13.6 Å². The maximum absolute atomic E-state index is 13.0. The van der Waals surface area contributed by atoms with E-state index in [1.165, 1.54) is 0 Å². The Balaban J connectivity index is 1.85. The molecular weight excluding hydrogens is 376 g/mol. The number of rotatable bonds is 6. The van der Waals surface area contributed by atoms with Gasteiger partial charge in [-0.1, -0.05) is 27.7 Å². The summed E-state index contributed by atoms with van der Waals surface area (Å²) >= 11 is 0. The molecule has 3 heterocycles. The maximum Gasteiger partial charge on any atom is 0.185 e. The first-order valence-electron chi connectivity index (χ1n) is 10.4. The molecule has 1 aliphatic heterocycles. The number of Topliss-reactive ketones (excluding diaryl/α,β-unsaturated/α-hetero) is 1. The fourth-order valence-electron chi connectivity index (χ4n) is 3.71. The van der Waals surface area contributed by atoms with Crippen LogP contribution in [-0.2, 0) is 4.79 Å². The fraction of sp³-hybridized carbons (Fsp3) is 0.320. The highest BCUT2D eigenvalue weighted by atomic mass is 16.3. The second-order valence-electron chi connectivity index (χ2n) is 8.52. The van der Waals surface area contributed by atoms with Gasteiger partial charge in [-0.15, -0.1) is 0 Å². The van der Waals surface area contributed by atoms with Crippen LogP contribution in [-0.4, -0.2) is 17.2 Å². The van der Waals surface area contributed by atoms with Crippen LogP contribution >= 0.6 is 0 Å². The van der Waals surface area contributed by atoms with E-state index in [-0.39, 0.29) is 5.78 Å². The number of hydrogen-bond donors (Lipinski definition) is 0. The Labute approximate surface area is 176 Å². The van der Waals surface area contributed by atoms with Gasteiger partial charge in [0.1, 0.15) is 11.4 Å². The molecule has 2 aromatic heterocycles. The van der Waals surface area contributed by atoms with E-state index < -0.39 is 0 Å². The Morgan fingerprint density at radius 1 is 0.800 bits per heavy atom. The highest BCUT2D eigenvalue weighted by Gasteiger charge is 2.28. The molecule has 0 saturated carbocycles. The highest BCUT2D eigenvalue weighted by molar-refractivity contribution is 6.53. The Kier molecular flexibility index (Phi) is 5.53. The third-order valence-corrected chi connectivity index (χ3v) is 4.93. The van der Waals surface area contributed by atoms with Gasteiger partial charge < -0.3 is 8.83 Å². The van der Waals surface area contributed by atoms with Crippen molar-refractivity contribution in [3.8, 4) is 0 Å². The van der Waals surface area contributed by atoms with Crippen LogP contribution in [0, 0.1) is 11.8 Å². The third kappa shape index (κ3) is 4.06. The molecule has 2 aromatic rings. The fourth-order valence-corrected chi connectivity index (χ4v) is 3.71. The summed E-state index contributed by atoms with van der Waals surface area (Å²) in [4.78, 5) is 22.6. The van der Waals surface area contributed by atoms with Gasteiger partial charge in [-0.3, -0.25) is 4.79 Å². The summed E-state index contributed by atoms with van der Waals surface area (Å²) in [6.07, 6.45) is 8.58. The van der Waals surface area contributed by atoms with Crippen LogP contribution in [0.2, 0.25) is 0 Å². The summed E-state index contributed by atoms with van der Waals surface area (Å²) in [6, 6.07) is 7.36. The maximum atomic E-state index is 13.0. The largest absolute Gasteiger partial charge is 0.463 e. The Hall–Kier alpha value is -3.21. The Bertz CT molecular complexity index is 1010. The minimum atomic E-state index is 0.144. The van der Waals surface area contributed by atoms with Gasteiger partial charge in [0.2, 0.25) is 0 Å². The summed E-state index contributed by atoms with van der Waals surface area (Å²) in [5, 5.41) is 0. The monoisotopic (exact) mass is 402 g/mol. The molecule has 5 nitrogen and oxygen atoms in total. The van der Waals surface area contributed by atoms with Crippen molar-refractivity contribution in [2.75, 3.05) is 0 Å². The number of ketones is 1. The summed E-state index contributed by atoms with van der Waals surface area (Å²) in [5.74, 6) is 2.75. The zero-order valence-electron chi connectivity index (χ0n) is 17.8. The Morgan fingerprint density at radius 3 is 1.63 bits per heavy atom. The van der Waals surface area contributed by atoms with Crippen molar-refractivity contribution in [1.82, 2.24) is 0 Å². The van der Waals surface area contributed by atoms with Gasteiger partial charge in [-0.05, 0) is 61.1 Å². The molecule has 30 heavy (non-hydrogen) atoms. The summed E-state index contributed by atoms with van der Waals surface area (Å²) in [5.41, 5.74) is 3.76. The van der Waals surface area contributed by atoms with Gasteiger partial charge in [0.25, 0.3) is 0 Å². The van der Waals surface area contributed by atoms with Crippen LogP contribution in [0.4, 0.5) is 0 Å². The lowest BCUT2D eigenvalue weighted by molar-refractivity contribution is -0.112. The normalized spacial score (nSPS) is 16.9. The highest BCUT2D eigenvalue weighted by Crippen LogP contribution is 2.32. The summed E-state index contributed by atoms with van der Waals surface area (Å²) in [7, 11) is 0. The van der Waals surface area contributed by atoms with Gasteiger partial charge in [-0.2, -0.15) is 0 Å². The molecule has 154 valence electrons. The zero-order valence-corrected chi connectivity index (χ0v) is 17.8. The van der Waals surface area contributed by atoms with Gasteiger partial charge in [0.15, 0.2) is 23.1 Å². The van der Waals surface area contributed by atoms with Crippen LogP contribution in [0.15, 0.2) is 90.3 Å². The molecular formula is C25H26N2O3. The molecule has 5 heteroatoms. The van der Waals surface area contributed by atoms with E-state index in [0.29, 0.717) is 40.6 Å². The molecule has 0 amide bonds. The third-order valence-electron chi connectivity index (χ3n) is 4.93. The van der Waals surface area contributed by atoms with Crippen LogP contribution in [0.3, 0.4) is 0 Å². The molecule has 0 spiro atoms. The van der Waals surface area contributed by atoms with Crippen LogP contribution in [0.25, 0.3) is 0 Å². The second kappa shape index (κ2) is 8.27. The number of carbonyl (C=O) groups excluding carboxylic acids is 1. The average Bonchev–Trinajstić information content (AvgIpc) is 3.44. The van der Waals surface area contributed by atoms with Gasteiger partial charge in [-0.25, -0.2) is 9.98 Å². The molecule has 0 fully saturated rings. The van der Waals surface area contributed by atoms with E-state index in [9.17, 15) is 4.79 Å². The van der Waals surface area contributed by atoms with Crippen molar-refractivity contribution in [2.24, 2.45) is 21.8 Å². The quantitative estimate of drug-likeness (QED) is 0.604. The molecule has 0 N–H and O–H groups in total. The molecule has 1 aliphatic carbocycles. The topological polar surface area (TPSA) is 68.1 Å². The minimum Gasteiger partial charge on any atom is -0.463 e. The molecule has 0 aromatic carbocycles. The number of aliphatic imine (C=N–C) groups is 2. The van der Waals surface area contributed by atoms with E-state index in [2.05, 4.69) is 27.7 Å². The number of furan rings is 2. The summed E-state index contributed by atoms with van der Waals surface area (Å²) < 4.78 is 11.2. The van der Waals surface area contributed by atoms with Crippen molar-refractivity contribution in [3.05, 3.63) is 83.0 Å². The number of nitrogens with zero attached hydrogens (tertiary/aromatic N) is 2. The van der Waals surface area contributed by atoms with E-state index >= 15 is 0 Å². The van der Waals surface area contributed by atoms with E-state index in [1.54, 1.807) is 12.5 Å². The van der Waals surface area contributed by atoms with Gasteiger partial charge >= 0.3 is 0 Å². The van der Waals surface area contributed by atoms with Crippen LogP contribution < -0.4 is 0 Å². The number of carbonyl (C=O) groups is 1. The van der Waals surface area contributed by atoms with E-state index in [0.717, 1.165) is 29.6 Å². The number of allylic oxidation sites excluding steroid dienone is 5. The average molecular weight is 402 g/mol. The SMILES string of the molecule is CC(C)CC1=CC(=C2N=C(c3ccco3)C(c3ccco3)=N2)C=C(CC(C)C)C1=O. The smallest absolute Gasteiger partial charge is 0.185 e. The zero-order chi connectivity index (χ0) is 21.3. The van der Waals surface area contributed by atoms with E-state index in [4.69, 9.17) is 18.8 Å². The molecule has 0 atom stereocenters. The number of hydrogen-bond acceptors (Lipinski definition) is 5. The molecule has 0 saturated heterocycles. The first-order valence-corrected chi connectivity index (χ1v) is 10.4. The molecule has 0 radical (unpaired) electrons. The lowest BCUT2D eigenvalue weighted by Crippen LogP contribution is -2.14. The molecule has 2 aliphatic rings. The lowest BCUT2D eigenvalue weighted by Gasteiger charge is -2.18.